The Bertz CT molecular complexity index is 1140. The average Bonchev–Trinajstić information content (AvgIpc) is 3.22. The minimum absolute atomic E-state index is 0.0308. The van der Waals surface area contributed by atoms with Gasteiger partial charge >= 0.3 is 0 Å². The third-order valence-electron chi connectivity index (χ3n) is 5.84. The first kappa shape index (κ1) is 21.9. The number of nitrogens with zero attached hydrogens (tertiary/aromatic N) is 5. The molecule has 0 radical (unpaired) electrons. The molecule has 166 valence electrons. The molecule has 1 fully saturated rings. The Morgan fingerprint density at radius 1 is 1.00 bits per heavy atom. The molecule has 1 aliphatic rings. The molecular formula is C26H31N5O. The molecule has 1 aliphatic heterocycles. The number of aromatic nitrogens is 3. The summed E-state index contributed by atoms with van der Waals surface area (Å²) in [6, 6.07) is 14.7. The molecule has 1 amide bonds. The van der Waals surface area contributed by atoms with Crippen molar-refractivity contribution in [2.24, 2.45) is 0 Å². The molecule has 0 unspecified atom stereocenters. The second kappa shape index (κ2) is 9.07. The van der Waals surface area contributed by atoms with Crippen molar-refractivity contribution in [1.82, 2.24) is 19.9 Å². The molecule has 1 aromatic carbocycles. The molecular weight excluding hydrogens is 398 g/mol. The lowest BCUT2D eigenvalue weighted by Crippen LogP contribution is -2.32. The van der Waals surface area contributed by atoms with E-state index in [0.717, 1.165) is 36.3 Å². The van der Waals surface area contributed by atoms with Crippen LogP contribution >= 0.6 is 0 Å². The second-order valence-electron chi connectivity index (χ2n) is 8.95. The zero-order chi connectivity index (χ0) is 22.8. The van der Waals surface area contributed by atoms with Gasteiger partial charge in [-0.1, -0.05) is 29.8 Å². The highest BCUT2D eigenvalue weighted by Gasteiger charge is 2.33. The molecule has 0 spiro atoms. The highest BCUT2D eigenvalue weighted by atomic mass is 16.2. The molecule has 0 bridgehead atoms. The Morgan fingerprint density at radius 2 is 1.78 bits per heavy atom. The van der Waals surface area contributed by atoms with Crippen molar-refractivity contribution in [3.8, 4) is 0 Å². The van der Waals surface area contributed by atoms with Crippen LogP contribution in [-0.2, 0) is 6.42 Å². The second-order valence-corrected chi connectivity index (χ2v) is 8.95. The summed E-state index contributed by atoms with van der Waals surface area (Å²) < 4.78 is 0. The van der Waals surface area contributed by atoms with Crippen molar-refractivity contribution in [3.05, 3.63) is 81.9 Å². The molecule has 6 heteroatoms. The van der Waals surface area contributed by atoms with Gasteiger partial charge in [-0.05, 0) is 69.4 Å². The number of anilines is 1. The standard InChI is InChI=1S/C26H31N5O/c1-17-8-6-9-20(12-17)15-21-13-18(2)27-22(16-21)24-10-7-11-31(24)25(32)23-14-19(3)28-26(29-23)30(4)5/h6,8-9,12-14,16,24H,7,10-11,15H2,1-5H3/t24-/m0/s1. The van der Waals surface area contributed by atoms with E-state index in [4.69, 9.17) is 4.98 Å². The number of benzene rings is 1. The summed E-state index contributed by atoms with van der Waals surface area (Å²) in [6.45, 7) is 6.76. The molecule has 3 aromatic rings. The molecule has 6 nitrogen and oxygen atoms in total. The summed E-state index contributed by atoms with van der Waals surface area (Å²) in [6.07, 6.45) is 2.73. The predicted molar refractivity (Wildman–Crippen MR) is 127 cm³/mol. The van der Waals surface area contributed by atoms with E-state index < -0.39 is 0 Å². The van der Waals surface area contributed by atoms with Crippen LogP contribution in [0.4, 0.5) is 5.95 Å². The largest absolute Gasteiger partial charge is 0.347 e. The number of rotatable bonds is 5. The highest BCUT2D eigenvalue weighted by molar-refractivity contribution is 5.93. The lowest BCUT2D eigenvalue weighted by molar-refractivity contribution is 0.0726. The van der Waals surface area contributed by atoms with Gasteiger partial charge < -0.3 is 9.80 Å². The Balaban J connectivity index is 1.62. The average molecular weight is 430 g/mol. The first-order valence-corrected chi connectivity index (χ1v) is 11.2. The maximum absolute atomic E-state index is 13.4. The van der Waals surface area contributed by atoms with Crippen molar-refractivity contribution in [2.45, 2.75) is 46.1 Å². The van der Waals surface area contributed by atoms with E-state index in [1.807, 2.05) is 37.7 Å². The number of carbonyl (C=O) groups is 1. The van der Waals surface area contributed by atoms with Gasteiger partial charge in [-0.15, -0.1) is 0 Å². The number of likely N-dealkylation sites (tertiary alicyclic amines) is 1. The van der Waals surface area contributed by atoms with Gasteiger partial charge in [0.25, 0.3) is 5.91 Å². The van der Waals surface area contributed by atoms with Gasteiger partial charge in [-0.25, -0.2) is 9.97 Å². The molecule has 0 N–H and O–H groups in total. The normalized spacial score (nSPS) is 15.8. The van der Waals surface area contributed by atoms with E-state index in [2.05, 4.69) is 53.3 Å². The Hall–Kier alpha value is -3.28. The summed E-state index contributed by atoms with van der Waals surface area (Å²) in [5.74, 6) is 0.503. The summed E-state index contributed by atoms with van der Waals surface area (Å²) in [5, 5.41) is 0. The van der Waals surface area contributed by atoms with E-state index in [0.29, 0.717) is 18.2 Å². The van der Waals surface area contributed by atoms with Gasteiger partial charge in [-0.2, -0.15) is 0 Å². The summed E-state index contributed by atoms with van der Waals surface area (Å²) >= 11 is 0. The van der Waals surface area contributed by atoms with Crippen molar-refractivity contribution < 1.29 is 4.79 Å². The number of aryl methyl sites for hydroxylation is 3. The predicted octanol–water partition coefficient (Wildman–Crippen LogP) is 4.43. The molecule has 0 saturated carbocycles. The van der Waals surface area contributed by atoms with Crippen molar-refractivity contribution >= 4 is 11.9 Å². The van der Waals surface area contributed by atoms with Crippen LogP contribution in [0.3, 0.4) is 0 Å². The molecule has 2 aromatic heterocycles. The smallest absolute Gasteiger partial charge is 0.273 e. The van der Waals surface area contributed by atoms with Crippen LogP contribution in [0.15, 0.2) is 42.5 Å². The van der Waals surface area contributed by atoms with Gasteiger partial charge in [0, 0.05) is 32.0 Å². The summed E-state index contributed by atoms with van der Waals surface area (Å²) in [5.41, 5.74) is 6.96. The minimum atomic E-state index is -0.0513. The van der Waals surface area contributed by atoms with Crippen molar-refractivity contribution in [3.63, 3.8) is 0 Å². The molecule has 0 aliphatic carbocycles. The molecule has 3 heterocycles. The quantitative estimate of drug-likeness (QED) is 0.600. The van der Waals surface area contributed by atoms with E-state index >= 15 is 0 Å². The van der Waals surface area contributed by atoms with Crippen LogP contribution in [-0.4, -0.2) is 46.4 Å². The van der Waals surface area contributed by atoms with Gasteiger partial charge in [0.1, 0.15) is 5.69 Å². The van der Waals surface area contributed by atoms with Crippen LogP contribution in [0.1, 0.15) is 63.1 Å². The lowest BCUT2D eigenvalue weighted by Gasteiger charge is -2.25. The maximum atomic E-state index is 13.4. The first-order chi connectivity index (χ1) is 15.3. The Kier molecular flexibility index (Phi) is 6.21. The number of carbonyl (C=O) groups excluding carboxylic acids is 1. The summed E-state index contributed by atoms with van der Waals surface area (Å²) in [4.78, 5) is 31.0. The van der Waals surface area contributed by atoms with Crippen LogP contribution in [0.25, 0.3) is 0 Å². The van der Waals surface area contributed by atoms with E-state index in [1.54, 1.807) is 6.07 Å². The third kappa shape index (κ3) is 4.79. The topological polar surface area (TPSA) is 62.2 Å². The number of hydrogen-bond donors (Lipinski definition) is 0. The molecule has 4 rings (SSSR count). The van der Waals surface area contributed by atoms with Crippen LogP contribution in [0.5, 0.6) is 0 Å². The zero-order valence-corrected chi connectivity index (χ0v) is 19.6. The summed E-state index contributed by atoms with van der Waals surface area (Å²) in [7, 11) is 3.77. The van der Waals surface area contributed by atoms with E-state index in [-0.39, 0.29) is 11.9 Å². The fourth-order valence-electron chi connectivity index (χ4n) is 4.43. The number of amides is 1. The fourth-order valence-corrected chi connectivity index (χ4v) is 4.43. The van der Waals surface area contributed by atoms with Gasteiger partial charge in [0.05, 0.1) is 11.7 Å². The van der Waals surface area contributed by atoms with Crippen LogP contribution < -0.4 is 4.90 Å². The van der Waals surface area contributed by atoms with Crippen LogP contribution in [0.2, 0.25) is 0 Å². The molecule has 1 atom stereocenters. The molecule has 32 heavy (non-hydrogen) atoms. The van der Waals surface area contributed by atoms with Crippen molar-refractivity contribution in [1.29, 1.82) is 0 Å². The maximum Gasteiger partial charge on any atom is 0.273 e. The van der Waals surface area contributed by atoms with E-state index in [9.17, 15) is 4.79 Å². The van der Waals surface area contributed by atoms with Crippen molar-refractivity contribution in [2.75, 3.05) is 25.5 Å². The van der Waals surface area contributed by atoms with E-state index in [1.165, 1.54) is 16.7 Å². The Labute approximate surface area is 190 Å². The first-order valence-electron chi connectivity index (χ1n) is 11.2. The van der Waals surface area contributed by atoms with Gasteiger partial charge in [0.15, 0.2) is 0 Å². The monoisotopic (exact) mass is 429 g/mol. The SMILES string of the molecule is Cc1cccc(Cc2cc(C)nc([C@@H]3CCCN3C(=O)c3cc(C)nc(N(C)C)n3)c2)c1. The van der Waals surface area contributed by atoms with Crippen LogP contribution in [0, 0.1) is 20.8 Å². The van der Waals surface area contributed by atoms with Gasteiger partial charge in [0.2, 0.25) is 5.95 Å². The minimum Gasteiger partial charge on any atom is -0.347 e. The number of hydrogen-bond acceptors (Lipinski definition) is 5. The third-order valence-corrected chi connectivity index (χ3v) is 5.84. The lowest BCUT2D eigenvalue weighted by atomic mass is 10.0. The number of pyridine rings is 1. The zero-order valence-electron chi connectivity index (χ0n) is 19.6. The fraction of sp³-hybridized carbons (Fsp3) is 0.385. The Morgan fingerprint density at radius 3 is 2.53 bits per heavy atom. The molecule has 1 saturated heterocycles. The highest BCUT2D eigenvalue weighted by Crippen LogP contribution is 2.33. The van der Waals surface area contributed by atoms with Gasteiger partial charge in [-0.3, -0.25) is 9.78 Å².